The zero-order valence-corrected chi connectivity index (χ0v) is 14.6. The summed E-state index contributed by atoms with van der Waals surface area (Å²) in [4.78, 5) is 22.8. The number of aromatic amines is 1. The molecule has 2 heterocycles. The summed E-state index contributed by atoms with van der Waals surface area (Å²) < 4.78 is 16.9. The lowest BCUT2D eigenvalue weighted by molar-refractivity contribution is 0.00578. The second-order valence-corrected chi connectivity index (χ2v) is 7.00. The molecule has 1 aliphatic heterocycles. The Morgan fingerprint density at radius 1 is 1.24 bits per heavy atom. The van der Waals surface area contributed by atoms with Gasteiger partial charge >= 0.3 is 13.2 Å². The van der Waals surface area contributed by atoms with E-state index in [-0.39, 0.29) is 12.2 Å². The number of fused-ring (bicyclic) bond motifs is 1. The molecule has 8 nitrogen and oxygen atoms in total. The molecule has 2 aromatic rings. The highest BCUT2D eigenvalue weighted by Gasteiger charge is 2.51. The number of aromatic nitrogens is 2. The maximum Gasteiger partial charge on any atom is 0.494 e. The predicted octanol–water partition coefficient (Wildman–Crippen LogP) is 0.818. The van der Waals surface area contributed by atoms with Gasteiger partial charge in [0.1, 0.15) is 12.3 Å². The molecule has 1 aromatic carbocycles. The highest BCUT2D eigenvalue weighted by Crippen LogP contribution is 2.36. The largest absolute Gasteiger partial charge is 0.494 e. The van der Waals surface area contributed by atoms with Gasteiger partial charge < -0.3 is 19.8 Å². The Hall–Kier alpha value is -2.39. The summed E-state index contributed by atoms with van der Waals surface area (Å²) >= 11 is 0. The minimum absolute atomic E-state index is 0.143. The number of H-pyrrole nitrogens is 1. The Bertz CT molecular complexity index is 877. The van der Waals surface area contributed by atoms with Crippen molar-refractivity contribution in [1.29, 1.82) is 0 Å². The average Bonchev–Trinajstić information content (AvgIpc) is 2.74. The van der Waals surface area contributed by atoms with Crippen LogP contribution in [0.3, 0.4) is 0 Å². The van der Waals surface area contributed by atoms with Crippen LogP contribution >= 0.6 is 0 Å². The van der Waals surface area contributed by atoms with Crippen LogP contribution in [0.1, 0.15) is 33.4 Å². The average molecular weight is 345 g/mol. The number of nitrogens with two attached hydrogens (primary N) is 1. The number of carbonyl (C=O) groups excluding carboxylic acids is 1. The predicted molar refractivity (Wildman–Crippen MR) is 92.5 cm³/mol. The fourth-order valence-corrected chi connectivity index (χ4v) is 2.61. The molecule has 1 amide bonds. The number of amides is 1. The van der Waals surface area contributed by atoms with Crippen LogP contribution < -0.4 is 16.8 Å². The number of carbonyl (C=O) groups is 1. The number of hydrogen-bond donors (Lipinski definition) is 2. The molecular weight excluding hydrogens is 325 g/mol. The summed E-state index contributed by atoms with van der Waals surface area (Å²) in [6.07, 6.45) is -0.914. The molecule has 0 radical (unpaired) electrons. The molecular formula is C16H20BN3O5. The van der Waals surface area contributed by atoms with Crippen molar-refractivity contribution in [3.05, 3.63) is 34.2 Å². The van der Waals surface area contributed by atoms with Crippen LogP contribution in [0.25, 0.3) is 10.8 Å². The van der Waals surface area contributed by atoms with E-state index in [1.54, 1.807) is 18.2 Å². The van der Waals surface area contributed by atoms with Crippen molar-refractivity contribution >= 4 is 29.4 Å². The van der Waals surface area contributed by atoms with E-state index in [0.29, 0.717) is 16.5 Å². The van der Waals surface area contributed by atoms with Crippen molar-refractivity contribution in [2.75, 3.05) is 0 Å². The number of rotatable bonds is 3. The third-order valence-electron chi connectivity index (χ3n) is 4.77. The normalized spacial score (nSPS) is 18.5. The number of primary amides is 1. The number of hydrogen-bond acceptors (Lipinski definition) is 6. The molecule has 1 fully saturated rings. The first-order valence-corrected chi connectivity index (χ1v) is 7.90. The van der Waals surface area contributed by atoms with Gasteiger partial charge in [0.2, 0.25) is 0 Å². The molecule has 1 aliphatic rings. The molecule has 1 saturated heterocycles. The second-order valence-electron chi connectivity index (χ2n) is 7.00. The Morgan fingerprint density at radius 3 is 2.48 bits per heavy atom. The van der Waals surface area contributed by atoms with Gasteiger partial charge in [-0.15, -0.1) is 0 Å². The van der Waals surface area contributed by atoms with E-state index in [1.165, 1.54) is 0 Å². The van der Waals surface area contributed by atoms with Gasteiger partial charge in [-0.25, -0.2) is 9.89 Å². The van der Waals surface area contributed by atoms with E-state index in [1.807, 2.05) is 27.7 Å². The zero-order valence-electron chi connectivity index (χ0n) is 14.6. The van der Waals surface area contributed by atoms with Crippen LogP contribution in [0, 0.1) is 0 Å². The molecule has 9 heteroatoms. The number of nitrogens with zero attached hydrogens (tertiary/aromatic N) is 1. The minimum atomic E-state index is -0.914. The molecule has 0 unspecified atom stereocenters. The van der Waals surface area contributed by atoms with Crippen molar-refractivity contribution in [3.8, 4) is 0 Å². The summed E-state index contributed by atoms with van der Waals surface area (Å²) in [5.41, 5.74) is 4.86. The van der Waals surface area contributed by atoms with Crippen molar-refractivity contribution < 1.29 is 18.8 Å². The monoisotopic (exact) mass is 345 g/mol. The molecule has 0 atom stereocenters. The topological polar surface area (TPSA) is 117 Å². The SMILES string of the molecule is CC1(C)OB(c2ccc3c(=O)[nH]nc(COC(N)=O)c3c2)OC1(C)C. The summed E-state index contributed by atoms with van der Waals surface area (Å²) in [5, 5.41) is 7.32. The first-order valence-electron chi connectivity index (χ1n) is 7.90. The lowest BCUT2D eigenvalue weighted by Crippen LogP contribution is -2.41. The summed E-state index contributed by atoms with van der Waals surface area (Å²) in [6, 6.07) is 5.21. The first kappa shape index (κ1) is 17.4. The van der Waals surface area contributed by atoms with Crippen molar-refractivity contribution in [2.24, 2.45) is 5.73 Å². The van der Waals surface area contributed by atoms with Gasteiger partial charge in [-0.2, -0.15) is 5.10 Å². The maximum absolute atomic E-state index is 12.0. The summed E-state index contributed by atoms with van der Waals surface area (Å²) in [7, 11) is -0.571. The minimum Gasteiger partial charge on any atom is -0.443 e. The molecule has 0 saturated carbocycles. The molecule has 3 rings (SSSR count). The lowest BCUT2D eigenvalue weighted by atomic mass is 9.78. The van der Waals surface area contributed by atoms with Crippen molar-refractivity contribution in [3.63, 3.8) is 0 Å². The Labute approximate surface area is 144 Å². The maximum atomic E-state index is 12.0. The molecule has 0 aliphatic carbocycles. The third-order valence-corrected chi connectivity index (χ3v) is 4.77. The molecule has 25 heavy (non-hydrogen) atoms. The Balaban J connectivity index is 2.03. The van der Waals surface area contributed by atoms with Crippen molar-refractivity contribution in [2.45, 2.75) is 45.5 Å². The van der Waals surface area contributed by atoms with E-state index in [2.05, 4.69) is 10.2 Å². The lowest BCUT2D eigenvalue weighted by Gasteiger charge is -2.32. The molecule has 132 valence electrons. The molecule has 1 aromatic heterocycles. The summed E-state index contributed by atoms with van der Waals surface area (Å²) in [6.45, 7) is 7.72. The van der Waals surface area contributed by atoms with E-state index in [4.69, 9.17) is 19.8 Å². The number of nitrogens with one attached hydrogen (secondary N) is 1. The number of ether oxygens (including phenoxy) is 1. The Kier molecular flexibility index (Phi) is 4.08. The van der Waals surface area contributed by atoms with E-state index < -0.39 is 24.4 Å². The molecule has 0 spiro atoms. The van der Waals surface area contributed by atoms with Crippen LogP contribution in [-0.4, -0.2) is 34.6 Å². The molecule has 3 N–H and O–H groups in total. The van der Waals surface area contributed by atoms with Gasteiger partial charge in [0.25, 0.3) is 5.56 Å². The fourth-order valence-electron chi connectivity index (χ4n) is 2.61. The molecule has 0 bridgehead atoms. The van der Waals surface area contributed by atoms with Gasteiger partial charge in [-0.1, -0.05) is 12.1 Å². The standard InChI is InChI=1S/C16H20BN3O5/c1-15(2)16(3,4)25-17(24-15)9-5-6-10-11(7-9)12(8-23-14(18)22)19-20-13(10)21/h5-7H,8H2,1-4H3,(H2,18,22)(H,20,21). The smallest absolute Gasteiger partial charge is 0.443 e. The number of benzene rings is 1. The van der Waals surface area contributed by atoms with Crippen LogP contribution in [0.4, 0.5) is 4.79 Å². The van der Waals surface area contributed by atoms with Gasteiger partial charge in [0, 0.05) is 5.39 Å². The third kappa shape index (κ3) is 3.12. The highest BCUT2D eigenvalue weighted by molar-refractivity contribution is 6.62. The Morgan fingerprint density at radius 2 is 1.88 bits per heavy atom. The second kappa shape index (κ2) is 5.85. The quantitative estimate of drug-likeness (QED) is 0.796. The summed E-state index contributed by atoms with van der Waals surface area (Å²) in [5.74, 6) is 0. The van der Waals surface area contributed by atoms with Crippen LogP contribution in [0.5, 0.6) is 0 Å². The van der Waals surface area contributed by atoms with E-state index >= 15 is 0 Å². The van der Waals surface area contributed by atoms with Crippen LogP contribution in [0.15, 0.2) is 23.0 Å². The van der Waals surface area contributed by atoms with E-state index in [9.17, 15) is 9.59 Å². The van der Waals surface area contributed by atoms with Gasteiger partial charge in [-0.3, -0.25) is 4.79 Å². The highest BCUT2D eigenvalue weighted by atomic mass is 16.7. The first-order chi connectivity index (χ1) is 11.6. The fraction of sp³-hybridized carbons (Fsp3) is 0.438. The van der Waals surface area contributed by atoms with E-state index in [0.717, 1.165) is 5.46 Å². The van der Waals surface area contributed by atoms with Gasteiger partial charge in [0.05, 0.1) is 16.6 Å². The zero-order chi connectivity index (χ0) is 18.4. The van der Waals surface area contributed by atoms with Crippen molar-refractivity contribution in [1.82, 2.24) is 10.2 Å². The van der Waals surface area contributed by atoms with Gasteiger partial charge in [-0.05, 0) is 39.2 Å². The van der Waals surface area contributed by atoms with Crippen LogP contribution in [0.2, 0.25) is 0 Å². The van der Waals surface area contributed by atoms with Gasteiger partial charge in [0.15, 0.2) is 0 Å². The van der Waals surface area contributed by atoms with Crippen LogP contribution in [-0.2, 0) is 20.7 Å².